The van der Waals surface area contributed by atoms with E-state index in [1.54, 1.807) is 25.4 Å². The number of benzene rings is 1. The van der Waals surface area contributed by atoms with Crippen molar-refractivity contribution in [3.8, 4) is 11.1 Å². The van der Waals surface area contributed by atoms with Gasteiger partial charge in [0.15, 0.2) is 11.6 Å². The molecule has 3 heterocycles. The van der Waals surface area contributed by atoms with Crippen molar-refractivity contribution in [3.63, 3.8) is 0 Å². The summed E-state index contributed by atoms with van der Waals surface area (Å²) >= 11 is 1.48. The van der Waals surface area contributed by atoms with Gasteiger partial charge in [-0.15, -0.1) is 11.8 Å². The van der Waals surface area contributed by atoms with Crippen LogP contribution in [-0.4, -0.2) is 46.1 Å². The van der Waals surface area contributed by atoms with Gasteiger partial charge in [0, 0.05) is 46.6 Å². The molecular formula is C25H23F2N5O3S2. The van der Waals surface area contributed by atoms with E-state index in [1.807, 2.05) is 11.0 Å². The van der Waals surface area contributed by atoms with Crippen molar-refractivity contribution in [2.24, 2.45) is 0 Å². The van der Waals surface area contributed by atoms with Crippen LogP contribution in [-0.2, 0) is 10.0 Å². The van der Waals surface area contributed by atoms with Crippen LogP contribution >= 0.6 is 11.8 Å². The summed E-state index contributed by atoms with van der Waals surface area (Å²) < 4.78 is 55.8. The number of pyridine rings is 1. The van der Waals surface area contributed by atoms with Gasteiger partial charge in [-0.2, -0.15) is 0 Å². The number of nitrogens with zero attached hydrogens (tertiary/aromatic N) is 3. The minimum atomic E-state index is -3.98. The van der Waals surface area contributed by atoms with E-state index in [0.717, 1.165) is 41.4 Å². The lowest BCUT2D eigenvalue weighted by molar-refractivity contribution is 0.103. The van der Waals surface area contributed by atoms with Crippen LogP contribution < -0.4 is 4.72 Å². The largest absolute Gasteiger partial charge is 0.345 e. The Morgan fingerprint density at radius 3 is 2.68 bits per heavy atom. The number of halogens is 2. The molecular weight excluding hydrogens is 520 g/mol. The molecule has 1 fully saturated rings. The molecule has 1 aromatic carbocycles. The Balaban J connectivity index is 1.54. The molecule has 192 valence electrons. The SMILES string of the molecule is CCCS(=O)(=O)Nc1c(F)ccc(C(=O)c2c[nH]c3ncc(-c4cnc(C5CC5)nc4SC)cc23)c1F. The first kappa shape index (κ1) is 25.3. The molecule has 4 aromatic rings. The van der Waals surface area contributed by atoms with Crippen LogP contribution in [0.1, 0.15) is 53.8 Å². The fraction of sp³-hybridized carbons (Fsp3) is 0.280. The number of aromatic amines is 1. The molecule has 0 amide bonds. The second kappa shape index (κ2) is 9.82. The highest BCUT2D eigenvalue weighted by atomic mass is 32.2. The number of anilines is 1. The van der Waals surface area contributed by atoms with Crippen LogP contribution in [0.5, 0.6) is 0 Å². The van der Waals surface area contributed by atoms with Crippen LogP contribution in [0.4, 0.5) is 14.5 Å². The van der Waals surface area contributed by atoms with E-state index < -0.39 is 38.7 Å². The van der Waals surface area contributed by atoms with Crippen molar-refractivity contribution in [2.45, 2.75) is 37.1 Å². The van der Waals surface area contributed by atoms with E-state index in [0.29, 0.717) is 22.5 Å². The normalized spacial score (nSPS) is 13.7. The van der Waals surface area contributed by atoms with Crippen molar-refractivity contribution in [1.82, 2.24) is 19.9 Å². The first-order valence-electron chi connectivity index (χ1n) is 11.6. The van der Waals surface area contributed by atoms with Crippen molar-refractivity contribution < 1.29 is 22.0 Å². The summed E-state index contributed by atoms with van der Waals surface area (Å²) in [7, 11) is -3.98. The maximum absolute atomic E-state index is 15.3. The average molecular weight is 544 g/mol. The van der Waals surface area contributed by atoms with Crippen LogP contribution in [0.25, 0.3) is 22.2 Å². The van der Waals surface area contributed by atoms with Gasteiger partial charge in [-0.1, -0.05) is 6.92 Å². The lowest BCUT2D eigenvalue weighted by Gasteiger charge is -2.12. The molecule has 3 aromatic heterocycles. The molecule has 1 aliphatic carbocycles. The number of H-pyrrole nitrogens is 1. The zero-order valence-electron chi connectivity index (χ0n) is 20.0. The number of nitrogens with one attached hydrogen (secondary N) is 2. The predicted octanol–water partition coefficient (Wildman–Crippen LogP) is 5.28. The molecule has 8 nitrogen and oxygen atoms in total. The molecule has 0 aliphatic heterocycles. The van der Waals surface area contributed by atoms with Crippen LogP contribution in [0, 0.1) is 11.6 Å². The van der Waals surface area contributed by atoms with Crippen LogP contribution in [0.3, 0.4) is 0 Å². The average Bonchev–Trinajstić information content (AvgIpc) is 3.64. The molecule has 12 heteroatoms. The van der Waals surface area contributed by atoms with E-state index in [-0.39, 0.29) is 17.7 Å². The highest BCUT2D eigenvalue weighted by Crippen LogP contribution is 2.40. The number of hydrogen-bond acceptors (Lipinski definition) is 7. The third-order valence-corrected chi connectivity index (χ3v) is 8.22. The minimum absolute atomic E-state index is 0.110. The molecule has 0 bridgehead atoms. The summed E-state index contributed by atoms with van der Waals surface area (Å²) in [6, 6.07) is 3.60. The monoisotopic (exact) mass is 543 g/mol. The number of sulfonamides is 1. The second-order valence-electron chi connectivity index (χ2n) is 8.78. The Morgan fingerprint density at radius 1 is 1.19 bits per heavy atom. The number of thioether (sulfide) groups is 1. The van der Waals surface area contributed by atoms with E-state index >= 15 is 4.39 Å². The Kier molecular flexibility index (Phi) is 6.71. The molecule has 37 heavy (non-hydrogen) atoms. The summed E-state index contributed by atoms with van der Waals surface area (Å²) in [5.74, 6) is -2.24. The lowest BCUT2D eigenvalue weighted by atomic mass is 10.0. The quantitative estimate of drug-likeness (QED) is 0.168. The van der Waals surface area contributed by atoms with Crippen molar-refractivity contribution in [1.29, 1.82) is 0 Å². The standard InChI is InChI=1S/C25H23F2N5O3S2/c1-3-8-37(34,35)32-21-19(26)7-6-15(20(21)27)22(33)18-12-30-24-16(18)9-14(10-28-24)17-11-29-23(13-4-5-13)31-25(17)36-2/h6-7,9-13,32H,3-5,8H2,1-2H3,(H,28,30). The first-order valence-corrected chi connectivity index (χ1v) is 14.5. The number of carbonyl (C=O) groups excluding carboxylic acids is 1. The van der Waals surface area contributed by atoms with E-state index in [9.17, 15) is 17.6 Å². The zero-order chi connectivity index (χ0) is 26.3. The van der Waals surface area contributed by atoms with Crippen LogP contribution in [0.2, 0.25) is 0 Å². The number of hydrogen-bond donors (Lipinski definition) is 2. The Labute approximate surface area is 216 Å². The third kappa shape index (κ3) is 4.95. The van der Waals surface area contributed by atoms with Gasteiger partial charge in [-0.25, -0.2) is 32.2 Å². The van der Waals surface area contributed by atoms with Gasteiger partial charge in [0.25, 0.3) is 0 Å². The molecule has 1 aliphatic rings. The lowest BCUT2D eigenvalue weighted by Crippen LogP contribution is -2.19. The molecule has 0 spiro atoms. The van der Waals surface area contributed by atoms with Gasteiger partial charge < -0.3 is 4.98 Å². The molecule has 5 rings (SSSR count). The molecule has 0 saturated heterocycles. The number of fused-ring (bicyclic) bond motifs is 1. The van der Waals surface area contributed by atoms with Crippen molar-refractivity contribution in [2.75, 3.05) is 16.7 Å². The predicted molar refractivity (Wildman–Crippen MR) is 138 cm³/mol. The maximum atomic E-state index is 15.3. The van der Waals surface area contributed by atoms with E-state index in [2.05, 4.69) is 19.9 Å². The van der Waals surface area contributed by atoms with Gasteiger partial charge in [0.2, 0.25) is 10.0 Å². The molecule has 2 N–H and O–H groups in total. The Bertz CT molecular complexity index is 1640. The van der Waals surface area contributed by atoms with Gasteiger partial charge >= 0.3 is 0 Å². The summed E-state index contributed by atoms with van der Waals surface area (Å²) in [6.45, 7) is 1.63. The minimum Gasteiger partial charge on any atom is -0.345 e. The van der Waals surface area contributed by atoms with Gasteiger partial charge in [0.05, 0.1) is 11.3 Å². The molecule has 1 saturated carbocycles. The smallest absolute Gasteiger partial charge is 0.232 e. The molecule has 0 unspecified atom stereocenters. The first-order chi connectivity index (χ1) is 17.7. The van der Waals surface area contributed by atoms with E-state index in [4.69, 9.17) is 0 Å². The third-order valence-electron chi connectivity index (χ3n) is 6.06. The maximum Gasteiger partial charge on any atom is 0.232 e. The summed E-state index contributed by atoms with van der Waals surface area (Å²) in [4.78, 5) is 29.9. The Hall–Kier alpha value is -3.38. The van der Waals surface area contributed by atoms with Gasteiger partial charge in [0.1, 0.15) is 28.0 Å². The highest BCUT2D eigenvalue weighted by Gasteiger charge is 2.28. The number of carbonyl (C=O) groups is 1. The van der Waals surface area contributed by atoms with Gasteiger partial charge in [-0.3, -0.25) is 9.52 Å². The summed E-state index contributed by atoms with van der Waals surface area (Å²) in [6.07, 6.45) is 9.13. The second-order valence-corrected chi connectivity index (χ2v) is 11.4. The molecule has 0 atom stereocenters. The highest BCUT2D eigenvalue weighted by molar-refractivity contribution is 7.98. The van der Waals surface area contributed by atoms with Crippen molar-refractivity contribution in [3.05, 3.63) is 65.4 Å². The van der Waals surface area contributed by atoms with Crippen molar-refractivity contribution >= 4 is 44.3 Å². The topological polar surface area (TPSA) is 118 Å². The van der Waals surface area contributed by atoms with Gasteiger partial charge in [-0.05, 0) is 43.7 Å². The number of aromatic nitrogens is 4. The fourth-order valence-electron chi connectivity index (χ4n) is 4.05. The molecule has 0 radical (unpaired) electrons. The van der Waals surface area contributed by atoms with E-state index in [1.165, 1.54) is 18.0 Å². The fourth-order valence-corrected chi connectivity index (χ4v) is 5.76. The number of ketones is 1. The zero-order valence-corrected chi connectivity index (χ0v) is 21.6. The number of rotatable bonds is 9. The summed E-state index contributed by atoms with van der Waals surface area (Å²) in [5.41, 5.74) is 0.601. The Morgan fingerprint density at radius 2 is 1.97 bits per heavy atom. The van der Waals surface area contributed by atoms with Crippen LogP contribution in [0.15, 0.2) is 41.8 Å². The summed E-state index contributed by atoms with van der Waals surface area (Å²) in [5, 5.41) is 1.22.